The van der Waals surface area contributed by atoms with Gasteiger partial charge in [0.05, 0.1) is 22.9 Å². The van der Waals surface area contributed by atoms with Crippen molar-refractivity contribution in [2.45, 2.75) is 19.8 Å². The van der Waals surface area contributed by atoms with Gasteiger partial charge in [-0.25, -0.2) is 4.68 Å². The molecule has 1 fully saturated rings. The van der Waals surface area contributed by atoms with Crippen molar-refractivity contribution in [3.63, 3.8) is 0 Å². The zero-order chi connectivity index (χ0) is 17.3. The van der Waals surface area contributed by atoms with E-state index in [4.69, 9.17) is 0 Å². The van der Waals surface area contributed by atoms with Gasteiger partial charge in [-0.15, -0.1) is 0 Å². The largest absolute Gasteiger partial charge is 0.481 e. The SMILES string of the molecule is Cc1nn(-c2ccc(Br)cc2)cc1C(=O)N1CCCC(C(=O)O)C1. The van der Waals surface area contributed by atoms with Gasteiger partial charge in [0, 0.05) is 23.8 Å². The van der Waals surface area contributed by atoms with Crippen molar-refractivity contribution in [3.05, 3.63) is 46.2 Å². The normalized spacial score (nSPS) is 17.8. The molecular weight excluding hydrogens is 374 g/mol. The van der Waals surface area contributed by atoms with E-state index in [0.29, 0.717) is 30.6 Å². The van der Waals surface area contributed by atoms with Crippen LogP contribution in [0.2, 0.25) is 0 Å². The number of hydrogen-bond donors (Lipinski definition) is 1. The Labute approximate surface area is 148 Å². The summed E-state index contributed by atoms with van der Waals surface area (Å²) in [5.74, 6) is -1.47. The minimum Gasteiger partial charge on any atom is -0.481 e. The lowest BCUT2D eigenvalue weighted by molar-refractivity contribution is -0.143. The lowest BCUT2D eigenvalue weighted by Gasteiger charge is -2.30. The van der Waals surface area contributed by atoms with Crippen LogP contribution in [0.4, 0.5) is 0 Å². The lowest BCUT2D eigenvalue weighted by Crippen LogP contribution is -2.42. The zero-order valence-corrected chi connectivity index (χ0v) is 14.9. The third kappa shape index (κ3) is 3.36. The summed E-state index contributed by atoms with van der Waals surface area (Å²) in [4.78, 5) is 25.6. The van der Waals surface area contributed by atoms with E-state index in [1.54, 1.807) is 22.7 Å². The van der Waals surface area contributed by atoms with Gasteiger partial charge in [-0.3, -0.25) is 9.59 Å². The number of carbonyl (C=O) groups excluding carboxylic acids is 1. The van der Waals surface area contributed by atoms with Crippen molar-refractivity contribution in [2.75, 3.05) is 13.1 Å². The first-order valence-corrected chi connectivity index (χ1v) is 8.59. The van der Waals surface area contributed by atoms with Crippen LogP contribution >= 0.6 is 15.9 Å². The average molecular weight is 392 g/mol. The van der Waals surface area contributed by atoms with Crippen LogP contribution in [-0.4, -0.2) is 44.8 Å². The molecule has 0 aliphatic carbocycles. The Kier molecular flexibility index (Phi) is 4.71. The summed E-state index contributed by atoms with van der Waals surface area (Å²) >= 11 is 3.39. The summed E-state index contributed by atoms with van der Waals surface area (Å²) in [5.41, 5.74) is 2.02. The molecular formula is C17H18BrN3O3. The first-order chi connectivity index (χ1) is 11.5. The minimum absolute atomic E-state index is 0.151. The predicted molar refractivity (Wildman–Crippen MR) is 92.3 cm³/mol. The van der Waals surface area contributed by atoms with Gasteiger partial charge in [0.1, 0.15) is 0 Å². The maximum atomic E-state index is 12.8. The molecule has 7 heteroatoms. The number of carboxylic acids is 1. The summed E-state index contributed by atoms with van der Waals surface area (Å²) in [6.07, 6.45) is 3.05. The van der Waals surface area contributed by atoms with Crippen LogP contribution in [0.3, 0.4) is 0 Å². The standard InChI is InChI=1S/C17H18BrN3O3/c1-11-15(10-21(19-11)14-6-4-13(18)5-7-14)16(22)20-8-2-3-12(9-20)17(23)24/h4-7,10,12H,2-3,8-9H2,1H3,(H,23,24). The van der Waals surface area contributed by atoms with E-state index in [1.165, 1.54) is 0 Å². The van der Waals surface area contributed by atoms with Gasteiger partial charge in [-0.1, -0.05) is 15.9 Å². The molecule has 1 saturated heterocycles. The van der Waals surface area contributed by atoms with E-state index in [1.807, 2.05) is 24.3 Å². The second-order valence-electron chi connectivity index (χ2n) is 5.98. The second-order valence-corrected chi connectivity index (χ2v) is 6.89. The summed E-state index contributed by atoms with van der Waals surface area (Å²) in [5, 5.41) is 13.6. The van der Waals surface area contributed by atoms with E-state index in [0.717, 1.165) is 10.2 Å². The number of carbonyl (C=O) groups is 2. The molecule has 1 unspecified atom stereocenters. The number of aromatic nitrogens is 2. The molecule has 2 heterocycles. The molecule has 1 aromatic carbocycles. The Morgan fingerprint density at radius 2 is 2.00 bits per heavy atom. The number of amides is 1. The molecule has 1 N–H and O–H groups in total. The fourth-order valence-electron chi connectivity index (χ4n) is 2.93. The van der Waals surface area contributed by atoms with Gasteiger partial charge in [0.25, 0.3) is 5.91 Å². The molecule has 6 nitrogen and oxygen atoms in total. The van der Waals surface area contributed by atoms with E-state index in [9.17, 15) is 14.7 Å². The highest BCUT2D eigenvalue weighted by atomic mass is 79.9. The molecule has 0 bridgehead atoms. The summed E-state index contributed by atoms with van der Waals surface area (Å²) < 4.78 is 2.65. The number of rotatable bonds is 3. The third-order valence-corrected chi connectivity index (χ3v) is 4.81. The third-order valence-electron chi connectivity index (χ3n) is 4.28. The van der Waals surface area contributed by atoms with E-state index < -0.39 is 11.9 Å². The van der Waals surface area contributed by atoms with Gasteiger partial charge >= 0.3 is 5.97 Å². The average Bonchev–Trinajstić information content (AvgIpc) is 2.96. The van der Waals surface area contributed by atoms with E-state index in [-0.39, 0.29) is 12.5 Å². The smallest absolute Gasteiger partial charge is 0.308 e. The van der Waals surface area contributed by atoms with Gasteiger partial charge < -0.3 is 10.0 Å². The zero-order valence-electron chi connectivity index (χ0n) is 13.3. The number of halogens is 1. The molecule has 24 heavy (non-hydrogen) atoms. The highest BCUT2D eigenvalue weighted by Crippen LogP contribution is 2.21. The van der Waals surface area contributed by atoms with Gasteiger partial charge in [-0.2, -0.15) is 5.10 Å². The first kappa shape index (κ1) is 16.7. The Hall–Kier alpha value is -2.15. The van der Waals surface area contributed by atoms with Crippen LogP contribution in [0.1, 0.15) is 28.9 Å². The Morgan fingerprint density at radius 3 is 2.67 bits per heavy atom. The number of likely N-dealkylation sites (tertiary alicyclic amines) is 1. The molecule has 1 aliphatic heterocycles. The van der Waals surface area contributed by atoms with E-state index >= 15 is 0 Å². The molecule has 1 atom stereocenters. The van der Waals surface area contributed by atoms with Crippen molar-refractivity contribution in [1.29, 1.82) is 0 Å². The lowest BCUT2D eigenvalue weighted by atomic mass is 9.98. The summed E-state index contributed by atoms with van der Waals surface area (Å²) in [6, 6.07) is 7.64. The van der Waals surface area contributed by atoms with Crippen LogP contribution in [0.5, 0.6) is 0 Å². The number of carboxylic acid groups (broad SMARTS) is 1. The monoisotopic (exact) mass is 391 g/mol. The highest BCUT2D eigenvalue weighted by Gasteiger charge is 2.30. The molecule has 3 rings (SSSR count). The van der Waals surface area contributed by atoms with Crippen molar-refractivity contribution in [3.8, 4) is 5.69 Å². The van der Waals surface area contributed by atoms with Crippen molar-refractivity contribution >= 4 is 27.8 Å². The van der Waals surface area contributed by atoms with Crippen LogP contribution in [0.25, 0.3) is 5.69 Å². The first-order valence-electron chi connectivity index (χ1n) is 7.80. The van der Waals surface area contributed by atoms with Crippen molar-refractivity contribution in [1.82, 2.24) is 14.7 Å². The van der Waals surface area contributed by atoms with Crippen molar-refractivity contribution < 1.29 is 14.7 Å². The number of nitrogens with zero attached hydrogens (tertiary/aromatic N) is 3. The maximum Gasteiger partial charge on any atom is 0.308 e. The molecule has 0 saturated carbocycles. The highest BCUT2D eigenvalue weighted by molar-refractivity contribution is 9.10. The number of piperidine rings is 1. The van der Waals surface area contributed by atoms with Gasteiger partial charge in [0.2, 0.25) is 0 Å². The number of benzene rings is 1. The van der Waals surface area contributed by atoms with Gasteiger partial charge in [-0.05, 0) is 44.0 Å². The fourth-order valence-corrected chi connectivity index (χ4v) is 3.19. The molecule has 0 spiro atoms. The molecule has 0 radical (unpaired) electrons. The maximum absolute atomic E-state index is 12.8. The van der Waals surface area contributed by atoms with Crippen LogP contribution in [0.15, 0.2) is 34.9 Å². The number of hydrogen-bond acceptors (Lipinski definition) is 3. The summed E-state index contributed by atoms with van der Waals surface area (Å²) in [6.45, 7) is 2.64. The Bertz CT molecular complexity index is 770. The number of aryl methyl sites for hydroxylation is 1. The Morgan fingerprint density at radius 1 is 1.29 bits per heavy atom. The molecule has 1 amide bonds. The quantitative estimate of drug-likeness (QED) is 0.872. The van der Waals surface area contributed by atoms with Crippen molar-refractivity contribution in [2.24, 2.45) is 5.92 Å². The Balaban J connectivity index is 1.83. The van der Waals surface area contributed by atoms with Gasteiger partial charge in [0.15, 0.2) is 0 Å². The van der Waals surface area contributed by atoms with E-state index in [2.05, 4.69) is 21.0 Å². The van der Waals surface area contributed by atoms with Crippen LogP contribution in [-0.2, 0) is 4.79 Å². The second kappa shape index (κ2) is 6.76. The molecule has 126 valence electrons. The minimum atomic E-state index is -0.838. The van der Waals surface area contributed by atoms with Crippen LogP contribution < -0.4 is 0 Å². The predicted octanol–water partition coefficient (Wildman–Crippen LogP) is 2.88. The topological polar surface area (TPSA) is 75.4 Å². The molecule has 1 aromatic heterocycles. The summed E-state index contributed by atoms with van der Waals surface area (Å²) in [7, 11) is 0. The number of aliphatic carboxylic acids is 1. The van der Waals surface area contributed by atoms with Crippen LogP contribution in [0, 0.1) is 12.8 Å². The molecule has 1 aliphatic rings. The fraction of sp³-hybridized carbons (Fsp3) is 0.353. The molecule has 2 aromatic rings.